The summed E-state index contributed by atoms with van der Waals surface area (Å²) in [6.45, 7) is 6.27. The lowest BCUT2D eigenvalue weighted by atomic mass is 10.0. The number of halogens is 3. The molecule has 3 aromatic heterocycles. The number of amides is 2. The molecule has 206 valence electrons. The highest BCUT2D eigenvalue weighted by atomic mass is 19.4. The molecular formula is C28H27F3N8O. The van der Waals surface area contributed by atoms with Crippen LogP contribution >= 0.6 is 0 Å². The molecule has 0 bridgehead atoms. The van der Waals surface area contributed by atoms with Gasteiger partial charge in [0.05, 0.1) is 11.8 Å². The van der Waals surface area contributed by atoms with E-state index in [-0.39, 0.29) is 23.6 Å². The number of fused-ring (bicyclic) bond motifs is 1. The van der Waals surface area contributed by atoms with Crippen LogP contribution < -0.4 is 10.6 Å². The Balaban J connectivity index is 1.25. The van der Waals surface area contributed by atoms with Crippen molar-refractivity contribution < 1.29 is 18.0 Å². The van der Waals surface area contributed by atoms with Gasteiger partial charge in [-0.15, -0.1) is 0 Å². The summed E-state index contributed by atoms with van der Waals surface area (Å²) in [6.07, 6.45) is 1.80. The molecule has 12 heteroatoms. The molecule has 9 nitrogen and oxygen atoms in total. The number of anilines is 2. The van der Waals surface area contributed by atoms with Gasteiger partial charge in [0.2, 0.25) is 0 Å². The first-order chi connectivity index (χ1) is 19.3. The Morgan fingerprint density at radius 3 is 2.55 bits per heavy atom. The van der Waals surface area contributed by atoms with Crippen LogP contribution in [0.15, 0.2) is 61.3 Å². The van der Waals surface area contributed by atoms with Crippen molar-refractivity contribution >= 4 is 23.2 Å². The van der Waals surface area contributed by atoms with E-state index in [0.717, 1.165) is 25.7 Å². The molecule has 0 unspecified atom stereocenters. The second-order valence-corrected chi connectivity index (χ2v) is 9.29. The second kappa shape index (κ2) is 11.7. The summed E-state index contributed by atoms with van der Waals surface area (Å²) < 4.78 is 43.4. The predicted molar refractivity (Wildman–Crippen MR) is 145 cm³/mol. The van der Waals surface area contributed by atoms with Crippen LogP contribution in [0.2, 0.25) is 0 Å². The Morgan fingerprint density at radius 1 is 0.975 bits per heavy atom. The van der Waals surface area contributed by atoms with E-state index < -0.39 is 17.8 Å². The molecule has 0 atom stereocenters. The minimum atomic E-state index is -4.56. The van der Waals surface area contributed by atoms with Crippen molar-refractivity contribution in [2.24, 2.45) is 0 Å². The molecule has 0 saturated carbocycles. The average Bonchev–Trinajstić information content (AvgIpc) is 3.36. The number of likely N-dealkylation sites (N-methyl/N-ethyl adjacent to an activating group) is 1. The third-order valence-corrected chi connectivity index (χ3v) is 6.63. The van der Waals surface area contributed by atoms with E-state index in [1.54, 1.807) is 41.3 Å². The SMILES string of the molecule is CCN1CCN(Cc2ccc(NC(=O)Nc3cc(C#Cc4cnc5ccncn45)ccn3)cc2C(F)(F)F)CC1. The number of rotatable bonds is 5. The number of urea groups is 1. The lowest BCUT2D eigenvalue weighted by molar-refractivity contribution is -0.138. The van der Waals surface area contributed by atoms with E-state index in [9.17, 15) is 18.0 Å². The van der Waals surface area contributed by atoms with Gasteiger partial charge in [-0.1, -0.05) is 18.9 Å². The fourth-order valence-corrected chi connectivity index (χ4v) is 4.48. The molecule has 0 aliphatic carbocycles. The lowest BCUT2D eigenvalue weighted by Gasteiger charge is -2.34. The van der Waals surface area contributed by atoms with E-state index in [1.165, 1.54) is 18.3 Å². The van der Waals surface area contributed by atoms with Crippen LogP contribution in [-0.4, -0.2) is 67.9 Å². The Morgan fingerprint density at radius 2 is 1.77 bits per heavy atom. The number of aromatic nitrogens is 4. The van der Waals surface area contributed by atoms with Crippen molar-refractivity contribution in [1.82, 2.24) is 29.2 Å². The normalized spacial score (nSPS) is 14.5. The van der Waals surface area contributed by atoms with Crippen LogP contribution in [0.3, 0.4) is 0 Å². The van der Waals surface area contributed by atoms with Crippen molar-refractivity contribution in [1.29, 1.82) is 0 Å². The van der Waals surface area contributed by atoms with E-state index >= 15 is 0 Å². The van der Waals surface area contributed by atoms with Gasteiger partial charge in [0, 0.05) is 56.4 Å². The molecule has 5 rings (SSSR count). The molecule has 0 radical (unpaired) electrons. The molecule has 1 fully saturated rings. The van der Waals surface area contributed by atoms with Gasteiger partial charge >= 0.3 is 12.2 Å². The molecule has 0 spiro atoms. The number of piperazine rings is 1. The van der Waals surface area contributed by atoms with Gasteiger partial charge in [-0.05, 0) is 48.4 Å². The zero-order valence-corrected chi connectivity index (χ0v) is 21.7. The topological polar surface area (TPSA) is 90.7 Å². The van der Waals surface area contributed by atoms with Crippen LogP contribution in [0.25, 0.3) is 5.65 Å². The highest BCUT2D eigenvalue weighted by Gasteiger charge is 2.34. The molecule has 4 aromatic rings. The monoisotopic (exact) mass is 548 g/mol. The molecule has 1 aliphatic rings. The summed E-state index contributed by atoms with van der Waals surface area (Å²) in [5, 5.41) is 5.03. The van der Waals surface area contributed by atoms with Gasteiger partial charge in [-0.3, -0.25) is 14.6 Å². The van der Waals surface area contributed by atoms with Crippen LogP contribution in [0.5, 0.6) is 0 Å². The molecule has 1 aliphatic heterocycles. The Kier molecular flexibility index (Phi) is 7.95. The number of carbonyl (C=O) groups is 1. The largest absolute Gasteiger partial charge is 0.416 e. The highest BCUT2D eigenvalue weighted by Crippen LogP contribution is 2.34. The third kappa shape index (κ3) is 6.56. The van der Waals surface area contributed by atoms with E-state index in [0.29, 0.717) is 30.0 Å². The molecule has 40 heavy (non-hydrogen) atoms. The number of hydrogen-bond acceptors (Lipinski definition) is 6. The molecular weight excluding hydrogens is 521 g/mol. The first kappa shape index (κ1) is 27.1. The maximum absolute atomic E-state index is 13.9. The number of hydrogen-bond donors (Lipinski definition) is 2. The summed E-state index contributed by atoms with van der Waals surface area (Å²) in [7, 11) is 0. The zero-order chi connectivity index (χ0) is 28.1. The molecule has 1 aromatic carbocycles. The van der Waals surface area contributed by atoms with E-state index in [1.807, 2.05) is 4.90 Å². The molecule has 1 saturated heterocycles. The first-order valence-electron chi connectivity index (χ1n) is 12.8. The maximum atomic E-state index is 13.9. The van der Waals surface area contributed by atoms with Crippen molar-refractivity contribution in [3.8, 4) is 11.8 Å². The van der Waals surface area contributed by atoms with E-state index in [4.69, 9.17) is 0 Å². The second-order valence-electron chi connectivity index (χ2n) is 9.29. The fourth-order valence-electron chi connectivity index (χ4n) is 4.48. The van der Waals surface area contributed by atoms with Crippen LogP contribution in [0, 0.1) is 11.8 Å². The number of nitrogens with zero attached hydrogens (tertiary/aromatic N) is 6. The van der Waals surface area contributed by atoms with Gasteiger partial charge in [0.1, 0.15) is 23.5 Å². The van der Waals surface area contributed by atoms with Crippen LogP contribution in [-0.2, 0) is 12.7 Å². The van der Waals surface area contributed by atoms with Gasteiger partial charge in [0.15, 0.2) is 0 Å². The summed E-state index contributed by atoms with van der Waals surface area (Å²) in [6, 6.07) is 8.16. The number of pyridine rings is 1. The molecule has 4 heterocycles. The highest BCUT2D eigenvalue weighted by molar-refractivity contribution is 5.99. The number of carbonyl (C=O) groups excluding carboxylic acids is 1. The fraction of sp³-hybridized carbons (Fsp3) is 0.286. The number of imidazole rings is 1. The van der Waals surface area contributed by atoms with Crippen molar-refractivity contribution in [2.75, 3.05) is 43.4 Å². The summed E-state index contributed by atoms with van der Waals surface area (Å²) in [5.74, 6) is 6.19. The minimum absolute atomic E-state index is 0.0292. The third-order valence-electron chi connectivity index (χ3n) is 6.63. The summed E-state index contributed by atoms with van der Waals surface area (Å²) in [4.78, 5) is 29.3. The molecule has 2 N–H and O–H groups in total. The van der Waals surface area contributed by atoms with Gasteiger partial charge < -0.3 is 10.2 Å². The van der Waals surface area contributed by atoms with Crippen molar-refractivity contribution in [3.63, 3.8) is 0 Å². The number of benzene rings is 1. The van der Waals surface area contributed by atoms with Gasteiger partial charge in [-0.2, -0.15) is 13.2 Å². The van der Waals surface area contributed by atoms with Crippen molar-refractivity contribution in [3.05, 3.63) is 83.7 Å². The lowest BCUT2D eigenvalue weighted by Crippen LogP contribution is -2.45. The Hall–Kier alpha value is -4.47. The quantitative estimate of drug-likeness (QED) is 0.361. The van der Waals surface area contributed by atoms with Crippen LogP contribution in [0.4, 0.5) is 29.5 Å². The number of alkyl halides is 3. The Labute approximate surface area is 229 Å². The standard InChI is InChI=1S/C28H27F3N8O/c1-2-37-11-13-38(14-12-37)18-21-4-5-22(16-24(21)28(29,30)31)35-27(40)36-25-15-20(7-10-33-25)3-6-23-17-34-26-8-9-32-19-39(23)26/h4-5,7-10,15-17,19H,2,11-14,18H2,1H3,(H2,33,35,36,40). The summed E-state index contributed by atoms with van der Waals surface area (Å²) in [5.41, 5.74) is 1.37. The first-order valence-corrected chi connectivity index (χ1v) is 12.8. The molecule has 2 amide bonds. The van der Waals surface area contributed by atoms with Gasteiger partial charge in [0.25, 0.3) is 0 Å². The number of nitrogens with one attached hydrogen (secondary N) is 2. The Bertz CT molecular complexity index is 1570. The zero-order valence-electron chi connectivity index (χ0n) is 21.7. The van der Waals surface area contributed by atoms with Crippen molar-refractivity contribution in [2.45, 2.75) is 19.6 Å². The smallest absolute Gasteiger partial charge is 0.308 e. The maximum Gasteiger partial charge on any atom is 0.416 e. The van der Waals surface area contributed by atoms with Gasteiger partial charge in [-0.25, -0.2) is 19.7 Å². The summed E-state index contributed by atoms with van der Waals surface area (Å²) >= 11 is 0. The predicted octanol–water partition coefficient (Wildman–Crippen LogP) is 4.32. The average molecular weight is 549 g/mol. The van der Waals surface area contributed by atoms with Crippen LogP contribution in [0.1, 0.15) is 29.3 Å². The van der Waals surface area contributed by atoms with E-state index in [2.05, 4.69) is 49.3 Å². The minimum Gasteiger partial charge on any atom is -0.308 e.